The van der Waals surface area contributed by atoms with Gasteiger partial charge in [0.15, 0.2) is 0 Å². The Morgan fingerprint density at radius 2 is 1.73 bits per heavy atom. The summed E-state index contributed by atoms with van der Waals surface area (Å²) in [6, 6.07) is 21.2. The molecular weight excluding hydrogens is 274 g/mol. The number of ether oxygens (including phenoxy) is 1. The first-order valence-electron chi connectivity index (χ1n) is 6.79. The normalized spacial score (nSPS) is 10.7. The Hall–Kier alpha value is -3.19. The van der Waals surface area contributed by atoms with E-state index in [2.05, 4.69) is 16.3 Å². The molecule has 0 aliphatic carbocycles. The van der Waals surface area contributed by atoms with Gasteiger partial charge in [-0.05, 0) is 35.0 Å². The minimum absolute atomic E-state index is 0.434. The molecule has 0 saturated heterocycles. The van der Waals surface area contributed by atoms with Crippen LogP contribution in [0.4, 0.5) is 11.4 Å². The molecule has 0 saturated carbocycles. The summed E-state index contributed by atoms with van der Waals surface area (Å²) in [5, 5.41) is 19.8. The maximum atomic E-state index is 9.17. The van der Waals surface area contributed by atoms with Crippen LogP contribution in [-0.4, -0.2) is 7.11 Å². The van der Waals surface area contributed by atoms with Crippen molar-refractivity contribution in [2.75, 3.05) is 7.11 Å². The number of nitriles is 1. The Morgan fingerprint density at radius 1 is 0.909 bits per heavy atom. The van der Waals surface area contributed by atoms with E-state index in [-0.39, 0.29) is 0 Å². The topological polar surface area (TPSA) is 57.7 Å². The minimum atomic E-state index is 0.434. The molecule has 22 heavy (non-hydrogen) atoms. The minimum Gasteiger partial charge on any atom is -0.497 e. The number of rotatable bonds is 3. The first kappa shape index (κ1) is 13.8. The highest BCUT2D eigenvalue weighted by Gasteiger charge is 2.03. The summed E-state index contributed by atoms with van der Waals surface area (Å²) >= 11 is 0. The van der Waals surface area contributed by atoms with Gasteiger partial charge in [0.2, 0.25) is 0 Å². The van der Waals surface area contributed by atoms with E-state index in [0.29, 0.717) is 17.0 Å². The van der Waals surface area contributed by atoms with Gasteiger partial charge in [-0.3, -0.25) is 0 Å². The van der Waals surface area contributed by atoms with Crippen LogP contribution in [0, 0.1) is 11.3 Å². The zero-order chi connectivity index (χ0) is 15.4. The van der Waals surface area contributed by atoms with Crippen molar-refractivity contribution in [1.29, 1.82) is 5.26 Å². The van der Waals surface area contributed by atoms with Crippen LogP contribution in [0.25, 0.3) is 10.8 Å². The highest BCUT2D eigenvalue weighted by Crippen LogP contribution is 2.27. The van der Waals surface area contributed by atoms with Crippen molar-refractivity contribution in [3.63, 3.8) is 0 Å². The number of hydrogen-bond donors (Lipinski definition) is 0. The maximum absolute atomic E-state index is 9.17. The fourth-order valence-electron chi connectivity index (χ4n) is 2.17. The smallest absolute Gasteiger partial charge is 0.120 e. The maximum Gasteiger partial charge on any atom is 0.120 e. The number of nitrogens with zero attached hydrogens (tertiary/aromatic N) is 3. The summed E-state index contributed by atoms with van der Waals surface area (Å²) in [5.74, 6) is 0.626. The van der Waals surface area contributed by atoms with E-state index in [0.717, 1.165) is 16.5 Å². The predicted molar refractivity (Wildman–Crippen MR) is 85.8 cm³/mol. The summed E-state index contributed by atoms with van der Waals surface area (Å²) in [4.78, 5) is 0. The van der Waals surface area contributed by atoms with Gasteiger partial charge in [-0.15, -0.1) is 5.11 Å². The van der Waals surface area contributed by atoms with Crippen molar-refractivity contribution < 1.29 is 4.74 Å². The fourth-order valence-corrected chi connectivity index (χ4v) is 2.17. The lowest BCUT2D eigenvalue weighted by Crippen LogP contribution is -1.83. The van der Waals surface area contributed by atoms with E-state index in [9.17, 15) is 0 Å². The Bertz CT molecular complexity index is 894. The summed E-state index contributed by atoms with van der Waals surface area (Å²) < 4.78 is 5.10. The zero-order valence-corrected chi connectivity index (χ0v) is 12.0. The lowest BCUT2D eigenvalue weighted by molar-refractivity contribution is 0.414. The van der Waals surface area contributed by atoms with Gasteiger partial charge >= 0.3 is 0 Å². The summed E-state index contributed by atoms with van der Waals surface area (Å²) in [7, 11) is 1.56. The van der Waals surface area contributed by atoms with Crippen LogP contribution < -0.4 is 4.74 Å². The second-order valence-corrected chi connectivity index (χ2v) is 4.73. The third-order valence-corrected chi connectivity index (χ3v) is 3.33. The molecule has 0 amide bonds. The zero-order valence-electron chi connectivity index (χ0n) is 12.0. The highest BCUT2D eigenvalue weighted by molar-refractivity contribution is 5.85. The number of azo groups is 1. The fraction of sp³-hybridized carbons (Fsp3) is 0.0556. The van der Waals surface area contributed by atoms with E-state index >= 15 is 0 Å². The molecule has 0 atom stereocenters. The first-order valence-corrected chi connectivity index (χ1v) is 6.79. The van der Waals surface area contributed by atoms with Crippen LogP contribution in [0.15, 0.2) is 70.9 Å². The van der Waals surface area contributed by atoms with Crippen LogP contribution in [0.3, 0.4) is 0 Å². The molecular formula is C18H13N3O. The molecule has 0 aliphatic rings. The van der Waals surface area contributed by atoms with Gasteiger partial charge in [-0.2, -0.15) is 10.4 Å². The van der Waals surface area contributed by atoms with Gasteiger partial charge in [0.25, 0.3) is 0 Å². The summed E-state index contributed by atoms with van der Waals surface area (Å²) in [6.07, 6.45) is 0. The van der Waals surface area contributed by atoms with Crippen molar-refractivity contribution >= 4 is 22.1 Å². The second kappa shape index (κ2) is 6.06. The summed E-state index contributed by atoms with van der Waals surface area (Å²) in [6.45, 7) is 0. The number of hydrogen-bond acceptors (Lipinski definition) is 4. The number of benzene rings is 3. The molecule has 0 spiro atoms. The quantitative estimate of drug-likeness (QED) is 0.626. The SMILES string of the molecule is COc1ccc(N=Nc2ccc3ccccc3c2)c(C#N)c1. The third kappa shape index (κ3) is 2.79. The van der Waals surface area contributed by atoms with E-state index in [1.165, 1.54) is 0 Å². The molecule has 0 heterocycles. The molecule has 3 aromatic carbocycles. The Labute approximate surface area is 128 Å². The first-order chi connectivity index (χ1) is 10.8. The van der Waals surface area contributed by atoms with Crippen molar-refractivity contribution in [2.45, 2.75) is 0 Å². The van der Waals surface area contributed by atoms with Crippen molar-refractivity contribution in [3.05, 3.63) is 66.2 Å². The van der Waals surface area contributed by atoms with E-state index in [4.69, 9.17) is 10.00 Å². The molecule has 0 bridgehead atoms. The molecule has 0 N–H and O–H groups in total. The standard InChI is InChI=1S/C18H13N3O/c1-22-17-8-9-18(15(11-17)12-19)21-20-16-7-6-13-4-2-3-5-14(13)10-16/h2-11H,1H3. The molecule has 0 unspecified atom stereocenters. The number of methoxy groups -OCH3 is 1. The van der Waals surface area contributed by atoms with E-state index < -0.39 is 0 Å². The second-order valence-electron chi connectivity index (χ2n) is 4.73. The molecule has 0 aromatic heterocycles. The van der Waals surface area contributed by atoms with Gasteiger partial charge in [-0.25, -0.2) is 0 Å². The van der Waals surface area contributed by atoms with Crippen molar-refractivity contribution in [1.82, 2.24) is 0 Å². The molecule has 4 heteroatoms. The van der Waals surface area contributed by atoms with Crippen LogP contribution in [0.5, 0.6) is 5.75 Å². The van der Waals surface area contributed by atoms with Crippen molar-refractivity contribution in [3.8, 4) is 11.8 Å². The number of fused-ring (bicyclic) bond motifs is 1. The van der Waals surface area contributed by atoms with Crippen molar-refractivity contribution in [2.24, 2.45) is 10.2 Å². The largest absolute Gasteiger partial charge is 0.497 e. The van der Waals surface area contributed by atoms with Gasteiger partial charge in [0, 0.05) is 6.07 Å². The average molecular weight is 287 g/mol. The summed E-state index contributed by atoms with van der Waals surface area (Å²) in [5.41, 5.74) is 1.71. The predicted octanol–water partition coefficient (Wildman–Crippen LogP) is 5.14. The molecule has 106 valence electrons. The van der Waals surface area contributed by atoms with Gasteiger partial charge < -0.3 is 4.74 Å². The lowest BCUT2D eigenvalue weighted by atomic mass is 10.1. The molecule has 3 rings (SSSR count). The van der Waals surface area contributed by atoms with E-state index in [1.807, 2.05) is 42.5 Å². The Balaban J connectivity index is 1.94. The van der Waals surface area contributed by atoms with Gasteiger partial charge in [-0.1, -0.05) is 30.3 Å². The van der Waals surface area contributed by atoms with Gasteiger partial charge in [0.05, 0.1) is 18.4 Å². The lowest BCUT2D eigenvalue weighted by Gasteiger charge is -2.02. The molecule has 0 aliphatic heterocycles. The van der Waals surface area contributed by atoms with E-state index in [1.54, 1.807) is 25.3 Å². The average Bonchev–Trinajstić information content (AvgIpc) is 2.59. The highest BCUT2D eigenvalue weighted by atomic mass is 16.5. The molecule has 0 fully saturated rings. The molecule has 4 nitrogen and oxygen atoms in total. The van der Waals surface area contributed by atoms with Crippen LogP contribution in [-0.2, 0) is 0 Å². The van der Waals surface area contributed by atoms with Gasteiger partial charge in [0.1, 0.15) is 17.5 Å². The van der Waals surface area contributed by atoms with Crippen LogP contribution in [0.2, 0.25) is 0 Å². The Morgan fingerprint density at radius 3 is 2.50 bits per heavy atom. The third-order valence-electron chi connectivity index (χ3n) is 3.33. The monoisotopic (exact) mass is 287 g/mol. The Kier molecular flexibility index (Phi) is 3.80. The van der Waals surface area contributed by atoms with Crippen LogP contribution in [0.1, 0.15) is 5.56 Å². The molecule has 3 aromatic rings. The van der Waals surface area contributed by atoms with Crippen LogP contribution >= 0.6 is 0 Å². The molecule has 0 radical (unpaired) electrons.